The maximum atomic E-state index is 12.9. The lowest BCUT2D eigenvalue weighted by atomic mass is 9.88. The van der Waals surface area contributed by atoms with E-state index in [1.165, 1.54) is 6.42 Å². The Morgan fingerprint density at radius 3 is 2.29 bits per heavy atom. The van der Waals surface area contributed by atoms with Crippen LogP contribution in [0.3, 0.4) is 0 Å². The van der Waals surface area contributed by atoms with Crippen molar-refractivity contribution in [2.45, 2.75) is 38.6 Å². The Labute approximate surface area is 202 Å². The van der Waals surface area contributed by atoms with Gasteiger partial charge in [-0.15, -0.1) is 11.3 Å². The summed E-state index contributed by atoms with van der Waals surface area (Å²) in [4.78, 5) is 17.0. The van der Waals surface area contributed by atoms with Gasteiger partial charge in [0.15, 0.2) is 0 Å². The summed E-state index contributed by atoms with van der Waals surface area (Å²) >= 11 is 20.4. The van der Waals surface area contributed by atoms with Crippen LogP contribution in [0.25, 0.3) is 21.6 Å². The summed E-state index contributed by atoms with van der Waals surface area (Å²) in [6.45, 7) is 0.589. The molecule has 0 atom stereocenters. The maximum absolute atomic E-state index is 12.9. The van der Waals surface area contributed by atoms with Crippen molar-refractivity contribution < 1.29 is 4.79 Å². The lowest BCUT2D eigenvalue weighted by Gasteiger charge is -2.26. The van der Waals surface area contributed by atoms with Crippen molar-refractivity contribution >= 4 is 52.0 Å². The average molecular weight is 493 g/mol. The van der Waals surface area contributed by atoms with Crippen LogP contribution in [0.15, 0.2) is 48.5 Å². The highest BCUT2D eigenvalue weighted by Gasteiger charge is 2.25. The predicted octanol–water partition coefficient (Wildman–Crippen LogP) is 8.58. The Balaban J connectivity index is 1.67. The highest BCUT2D eigenvalue weighted by atomic mass is 35.5. The highest BCUT2D eigenvalue weighted by Crippen LogP contribution is 2.43. The van der Waals surface area contributed by atoms with E-state index in [4.69, 9.17) is 34.8 Å². The molecule has 1 aliphatic carbocycles. The van der Waals surface area contributed by atoms with Crippen LogP contribution in [0.4, 0.5) is 0 Å². The maximum Gasteiger partial charge on any atom is 0.225 e. The Hall–Kier alpha value is -1.52. The molecule has 1 aliphatic rings. The number of amides is 1. The molecule has 162 valence electrons. The molecule has 1 fully saturated rings. The van der Waals surface area contributed by atoms with Crippen LogP contribution in [0.2, 0.25) is 15.1 Å². The summed E-state index contributed by atoms with van der Waals surface area (Å²) in [5, 5.41) is 1.92. The van der Waals surface area contributed by atoms with Crippen LogP contribution in [0.5, 0.6) is 0 Å². The van der Waals surface area contributed by atoms with Crippen LogP contribution in [0.1, 0.15) is 37.0 Å². The van der Waals surface area contributed by atoms with Crippen molar-refractivity contribution in [3.05, 3.63) is 68.5 Å². The Kier molecular flexibility index (Phi) is 7.28. The molecule has 0 N–H and O–H groups in total. The van der Waals surface area contributed by atoms with Gasteiger partial charge in [-0.2, -0.15) is 0 Å². The van der Waals surface area contributed by atoms with E-state index in [9.17, 15) is 4.79 Å². The molecule has 1 heterocycles. The number of benzene rings is 2. The predicted molar refractivity (Wildman–Crippen MR) is 133 cm³/mol. The van der Waals surface area contributed by atoms with Gasteiger partial charge in [0.2, 0.25) is 5.91 Å². The molecule has 6 heteroatoms. The molecular formula is C25H24Cl3NOS. The minimum Gasteiger partial charge on any atom is -0.340 e. The van der Waals surface area contributed by atoms with Crippen LogP contribution < -0.4 is 0 Å². The van der Waals surface area contributed by atoms with E-state index in [1.54, 1.807) is 17.4 Å². The first-order valence-electron chi connectivity index (χ1n) is 10.5. The second kappa shape index (κ2) is 9.95. The Morgan fingerprint density at radius 1 is 0.935 bits per heavy atom. The molecule has 2 nitrogen and oxygen atoms in total. The number of hydrogen-bond acceptors (Lipinski definition) is 2. The van der Waals surface area contributed by atoms with Crippen LogP contribution in [0, 0.1) is 5.92 Å². The van der Waals surface area contributed by atoms with E-state index >= 15 is 0 Å². The van der Waals surface area contributed by atoms with Crippen LogP contribution in [-0.2, 0) is 11.3 Å². The first-order valence-corrected chi connectivity index (χ1v) is 12.5. The number of hydrogen-bond donors (Lipinski definition) is 0. The van der Waals surface area contributed by atoms with Gasteiger partial charge in [0, 0.05) is 43.9 Å². The standard InChI is InChI=1S/C25H24Cl3NOS/c1-29(25(30)17-5-3-2-4-6-17)15-20-14-22(16-7-9-18(26)10-8-16)24(31-20)21-12-11-19(27)13-23(21)28/h7-14,17H,2-6,15H2,1H3. The number of halogens is 3. The number of thiophene rings is 1. The molecule has 1 saturated carbocycles. The third-order valence-corrected chi connectivity index (χ3v) is 7.79. The fraction of sp³-hybridized carbons (Fsp3) is 0.320. The summed E-state index contributed by atoms with van der Waals surface area (Å²) in [6.07, 6.45) is 5.57. The number of rotatable bonds is 5. The zero-order valence-corrected chi connectivity index (χ0v) is 20.4. The van der Waals surface area contributed by atoms with Gasteiger partial charge >= 0.3 is 0 Å². The van der Waals surface area contributed by atoms with Gasteiger partial charge < -0.3 is 4.90 Å². The summed E-state index contributed by atoms with van der Waals surface area (Å²) in [6, 6.07) is 15.5. The highest BCUT2D eigenvalue weighted by molar-refractivity contribution is 7.16. The zero-order valence-electron chi connectivity index (χ0n) is 17.3. The molecule has 2 aromatic carbocycles. The smallest absolute Gasteiger partial charge is 0.225 e. The Morgan fingerprint density at radius 2 is 1.61 bits per heavy atom. The van der Waals surface area contributed by atoms with Crippen molar-refractivity contribution in [3.63, 3.8) is 0 Å². The first-order chi connectivity index (χ1) is 14.9. The van der Waals surface area contributed by atoms with E-state index in [0.29, 0.717) is 21.6 Å². The quantitative estimate of drug-likeness (QED) is 0.349. The topological polar surface area (TPSA) is 20.3 Å². The monoisotopic (exact) mass is 491 g/mol. The largest absolute Gasteiger partial charge is 0.340 e. The average Bonchev–Trinajstić information content (AvgIpc) is 3.17. The third kappa shape index (κ3) is 5.28. The summed E-state index contributed by atoms with van der Waals surface area (Å²) < 4.78 is 0. The van der Waals surface area contributed by atoms with Crippen molar-refractivity contribution in [2.24, 2.45) is 5.92 Å². The van der Waals surface area contributed by atoms with Gasteiger partial charge in [-0.25, -0.2) is 0 Å². The molecule has 1 aromatic heterocycles. The van der Waals surface area contributed by atoms with Gasteiger partial charge in [-0.3, -0.25) is 4.79 Å². The summed E-state index contributed by atoms with van der Waals surface area (Å²) in [5.74, 6) is 0.423. The first kappa shape index (κ1) is 22.7. The zero-order chi connectivity index (χ0) is 22.0. The minimum atomic E-state index is 0.166. The van der Waals surface area contributed by atoms with Crippen molar-refractivity contribution in [1.29, 1.82) is 0 Å². The molecule has 0 saturated heterocycles. The van der Waals surface area contributed by atoms with E-state index in [2.05, 4.69) is 6.07 Å². The van der Waals surface area contributed by atoms with E-state index in [1.807, 2.05) is 48.3 Å². The fourth-order valence-electron chi connectivity index (χ4n) is 4.21. The molecule has 1 amide bonds. The van der Waals surface area contributed by atoms with Gasteiger partial charge in [-0.1, -0.05) is 72.3 Å². The molecule has 4 rings (SSSR count). The van der Waals surface area contributed by atoms with Crippen molar-refractivity contribution in [1.82, 2.24) is 4.90 Å². The number of nitrogens with zero attached hydrogens (tertiary/aromatic N) is 1. The second-order valence-electron chi connectivity index (χ2n) is 8.12. The van der Waals surface area contributed by atoms with Gasteiger partial charge in [0.25, 0.3) is 0 Å². The van der Waals surface area contributed by atoms with E-state index in [0.717, 1.165) is 52.1 Å². The van der Waals surface area contributed by atoms with Crippen molar-refractivity contribution in [2.75, 3.05) is 7.05 Å². The summed E-state index contributed by atoms with van der Waals surface area (Å²) in [7, 11) is 1.91. The van der Waals surface area contributed by atoms with Gasteiger partial charge in [0.1, 0.15) is 0 Å². The van der Waals surface area contributed by atoms with E-state index < -0.39 is 0 Å². The Bertz CT molecular complexity index is 1070. The SMILES string of the molecule is CN(Cc1cc(-c2ccc(Cl)cc2)c(-c2ccc(Cl)cc2Cl)s1)C(=O)C1CCCCC1. The number of carbonyl (C=O) groups excluding carboxylic acids is 1. The van der Waals surface area contributed by atoms with Crippen LogP contribution >= 0.6 is 46.1 Å². The molecule has 0 radical (unpaired) electrons. The molecular weight excluding hydrogens is 469 g/mol. The molecule has 0 aliphatic heterocycles. The molecule has 3 aromatic rings. The third-order valence-electron chi connectivity index (χ3n) is 5.84. The van der Waals surface area contributed by atoms with Crippen LogP contribution in [-0.4, -0.2) is 17.9 Å². The lowest BCUT2D eigenvalue weighted by molar-refractivity contribution is -0.135. The fourth-order valence-corrected chi connectivity index (χ4v) is 6.17. The molecule has 0 unspecified atom stereocenters. The number of carbonyl (C=O) groups is 1. The van der Waals surface area contributed by atoms with E-state index in [-0.39, 0.29) is 11.8 Å². The normalized spacial score (nSPS) is 14.6. The van der Waals surface area contributed by atoms with Crippen molar-refractivity contribution in [3.8, 4) is 21.6 Å². The second-order valence-corrected chi connectivity index (χ2v) is 10.5. The molecule has 0 spiro atoms. The lowest BCUT2D eigenvalue weighted by Crippen LogP contribution is -2.33. The molecule has 0 bridgehead atoms. The minimum absolute atomic E-state index is 0.166. The van der Waals surface area contributed by atoms with Gasteiger partial charge in [-0.05, 0) is 48.7 Å². The van der Waals surface area contributed by atoms with Gasteiger partial charge in [0.05, 0.1) is 11.6 Å². The summed E-state index contributed by atoms with van der Waals surface area (Å²) in [5.41, 5.74) is 3.09. The molecule has 31 heavy (non-hydrogen) atoms.